The fourth-order valence-electron chi connectivity index (χ4n) is 1.23. The Labute approximate surface area is 88.9 Å². The van der Waals surface area contributed by atoms with Gasteiger partial charge in [0.25, 0.3) is 0 Å². The summed E-state index contributed by atoms with van der Waals surface area (Å²) in [4.78, 5) is 11.2. The predicted octanol–water partition coefficient (Wildman–Crippen LogP) is 2.08. The third-order valence-electron chi connectivity index (χ3n) is 2.02. The Hall–Kier alpha value is -2.11. The molecule has 1 aromatic carbocycles. The lowest BCUT2D eigenvalue weighted by Crippen LogP contribution is -2.03. The molecule has 2 rings (SSSR count). The van der Waals surface area contributed by atoms with Crippen molar-refractivity contribution in [2.75, 3.05) is 0 Å². The third-order valence-corrected chi connectivity index (χ3v) is 2.02. The maximum Gasteiger partial charge on any atom is 0.307 e. The molecule has 0 aliphatic carbocycles. The summed E-state index contributed by atoms with van der Waals surface area (Å²) in [6, 6.07) is 2.86. The van der Waals surface area contributed by atoms with E-state index in [9.17, 15) is 13.6 Å². The summed E-state index contributed by atoms with van der Waals surface area (Å²) in [6.45, 7) is 1.59. The highest BCUT2D eigenvalue weighted by Gasteiger charge is 2.12. The van der Waals surface area contributed by atoms with Gasteiger partial charge in [-0.15, -0.1) is 0 Å². The molecule has 4 nitrogen and oxygen atoms in total. The number of halogens is 2. The van der Waals surface area contributed by atoms with Crippen LogP contribution in [-0.4, -0.2) is 10.2 Å². The number of hydrogen-bond acceptors (Lipinski definition) is 2. The number of aryl methyl sites for hydroxylation is 1. The molecule has 0 saturated heterocycles. The van der Waals surface area contributed by atoms with E-state index in [2.05, 4.69) is 10.2 Å². The van der Waals surface area contributed by atoms with Crippen LogP contribution in [0.4, 0.5) is 8.78 Å². The summed E-state index contributed by atoms with van der Waals surface area (Å²) in [6.07, 6.45) is 0. The van der Waals surface area contributed by atoms with Gasteiger partial charge in [-0.25, -0.2) is 8.78 Å². The molecular formula is C10H8F2N2O2. The number of benzene rings is 1. The third kappa shape index (κ3) is 1.81. The van der Waals surface area contributed by atoms with Crippen LogP contribution in [-0.2, 0) is 0 Å². The Bertz CT molecular complexity index is 574. The van der Waals surface area contributed by atoms with E-state index in [1.807, 2.05) is 0 Å². The van der Waals surface area contributed by atoms with Crippen molar-refractivity contribution in [1.29, 1.82) is 0 Å². The number of aromatic nitrogens is 2. The van der Waals surface area contributed by atoms with Crippen molar-refractivity contribution in [3.05, 3.63) is 45.9 Å². The lowest BCUT2D eigenvalue weighted by atomic mass is 10.3. The lowest BCUT2D eigenvalue weighted by Gasteiger charge is -2.04. The standard InChI is InChI=1S/C10H8F2N2O2/c1-5-9(10(15)14-13-5)16-8-3-2-6(11)4-7(8)12/h2-4H,1H3,(H2,13,14,15). The highest BCUT2D eigenvalue weighted by atomic mass is 19.1. The minimum absolute atomic E-state index is 0.0366. The monoisotopic (exact) mass is 226 g/mol. The van der Waals surface area contributed by atoms with E-state index in [1.54, 1.807) is 6.92 Å². The van der Waals surface area contributed by atoms with Crippen molar-refractivity contribution in [3.8, 4) is 11.5 Å². The summed E-state index contributed by atoms with van der Waals surface area (Å²) in [5, 5.41) is 4.81. The van der Waals surface area contributed by atoms with Crippen LogP contribution >= 0.6 is 0 Å². The molecular weight excluding hydrogens is 218 g/mol. The smallest absolute Gasteiger partial charge is 0.307 e. The van der Waals surface area contributed by atoms with E-state index in [-0.39, 0.29) is 11.5 Å². The number of rotatable bonds is 2. The maximum atomic E-state index is 13.2. The molecule has 1 aromatic heterocycles. The Kier molecular flexibility index (Phi) is 2.47. The normalized spacial score (nSPS) is 10.4. The Morgan fingerprint density at radius 3 is 2.56 bits per heavy atom. The first-order valence-corrected chi connectivity index (χ1v) is 4.48. The van der Waals surface area contributed by atoms with E-state index >= 15 is 0 Å². The maximum absolute atomic E-state index is 13.2. The zero-order valence-corrected chi connectivity index (χ0v) is 8.30. The first-order chi connectivity index (χ1) is 7.58. The van der Waals surface area contributed by atoms with E-state index in [4.69, 9.17) is 4.74 Å². The zero-order chi connectivity index (χ0) is 11.7. The molecule has 1 heterocycles. The molecule has 0 spiro atoms. The SMILES string of the molecule is Cc1[nH][nH]c(=O)c1Oc1ccc(F)cc1F. The number of hydrogen-bond donors (Lipinski definition) is 2. The van der Waals surface area contributed by atoms with Gasteiger partial charge in [-0.2, -0.15) is 0 Å². The molecule has 16 heavy (non-hydrogen) atoms. The van der Waals surface area contributed by atoms with Crippen molar-refractivity contribution in [3.63, 3.8) is 0 Å². The van der Waals surface area contributed by atoms with Crippen molar-refractivity contribution in [1.82, 2.24) is 10.2 Å². The molecule has 84 valence electrons. The summed E-state index contributed by atoms with van der Waals surface area (Å²) in [5.41, 5.74) is -0.0602. The zero-order valence-electron chi connectivity index (χ0n) is 8.30. The quantitative estimate of drug-likeness (QED) is 0.823. The average Bonchev–Trinajstić information content (AvgIpc) is 2.53. The molecule has 6 heteroatoms. The van der Waals surface area contributed by atoms with Gasteiger partial charge in [-0.05, 0) is 19.1 Å². The topological polar surface area (TPSA) is 57.9 Å². The van der Waals surface area contributed by atoms with Crippen molar-refractivity contribution in [2.45, 2.75) is 6.92 Å². The van der Waals surface area contributed by atoms with Gasteiger partial charge < -0.3 is 4.74 Å². The first-order valence-electron chi connectivity index (χ1n) is 4.48. The van der Waals surface area contributed by atoms with E-state index in [1.165, 1.54) is 0 Å². The molecule has 0 atom stereocenters. The summed E-state index contributed by atoms with van der Waals surface area (Å²) >= 11 is 0. The number of nitrogens with one attached hydrogen (secondary N) is 2. The highest BCUT2D eigenvalue weighted by molar-refractivity contribution is 5.32. The van der Waals surface area contributed by atoms with Crippen LogP contribution in [0.3, 0.4) is 0 Å². The van der Waals surface area contributed by atoms with Gasteiger partial charge in [-0.1, -0.05) is 0 Å². The van der Waals surface area contributed by atoms with E-state index < -0.39 is 17.2 Å². The molecule has 0 bridgehead atoms. The van der Waals surface area contributed by atoms with E-state index in [0.717, 1.165) is 12.1 Å². The number of H-pyrrole nitrogens is 2. The van der Waals surface area contributed by atoms with Gasteiger partial charge in [0.1, 0.15) is 5.82 Å². The van der Waals surface area contributed by atoms with Gasteiger partial charge in [0.2, 0.25) is 5.75 Å². The molecule has 0 aliphatic rings. The fraction of sp³-hybridized carbons (Fsp3) is 0.100. The van der Waals surface area contributed by atoms with Gasteiger partial charge in [0.15, 0.2) is 11.6 Å². The Balaban J connectivity index is 2.38. The van der Waals surface area contributed by atoms with Crippen LogP contribution in [0, 0.1) is 18.6 Å². The van der Waals surface area contributed by atoms with Crippen molar-refractivity contribution >= 4 is 0 Å². The van der Waals surface area contributed by atoms with Crippen LogP contribution in [0.25, 0.3) is 0 Å². The second-order valence-electron chi connectivity index (χ2n) is 3.21. The lowest BCUT2D eigenvalue weighted by molar-refractivity contribution is 0.432. The van der Waals surface area contributed by atoms with Crippen LogP contribution in [0.2, 0.25) is 0 Å². The average molecular weight is 226 g/mol. The Morgan fingerprint density at radius 1 is 1.25 bits per heavy atom. The predicted molar refractivity (Wildman–Crippen MR) is 52.6 cm³/mol. The fourth-order valence-corrected chi connectivity index (χ4v) is 1.23. The van der Waals surface area contributed by atoms with Crippen LogP contribution in [0.5, 0.6) is 11.5 Å². The van der Waals surface area contributed by atoms with Crippen molar-refractivity contribution in [2.24, 2.45) is 0 Å². The van der Waals surface area contributed by atoms with Crippen LogP contribution < -0.4 is 10.3 Å². The van der Waals surface area contributed by atoms with Crippen LogP contribution in [0.1, 0.15) is 5.69 Å². The summed E-state index contributed by atoms with van der Waals surface area (Å²) in [7, 11) is 0. The van der Waals surface area contributed by atoms with Gasteiger partial charge in [0.05, 0.1) is 5.69 Å². The summed E-state index contributed by atoms with van der Waals surface area (Å²) < 4.78 is 30.9. The van der Waals surface area contributed by atoms with Gasteiger partial charge in [0, 0.05) is 6.07 Å². The number of ether oxygens (including phenoxy) is 1. The van der Waals surface area contributed by atoms with Crippen LogP contribution in [0.15, 0.2) is 23.0 Å². The molecule has 0 amide bonds. The number of aromatic amines is 2. The first kappa shape index (κ1) is 10.4. The minimum atomic E-state index is -0.861. The van der Waals surface area contributed by atoms with Crippen molar-refractivity contribution < 1.29 is 13.5 Å². The highest BCUT2D eigenvalue weighted by Crippen LogP contribution is 2.23. The minimum Gasteiger partial charge on any atom is -0.447 e. The van der Waals surface area contributed by atoms with Gasteiger partial charge >= 0.3 is 5.56 Å². The molecule has 0 aliphatic heterocycles. The molecule has 0 fully saturated rings. The summed E-state index contributed by atoms with van der Waals surface area (Å²) in [5.74, 6) is -1.80. The molecule has 2 aromatic rings. The Morgan fingerprint density at radius 2 is 2.00 bits per heavy atom. The molecule has 0 radical (unpaired) electrons. The molecule has 0 saturated carbocycles. The second kappa shape index (κ2) is 3.80. The molecule has 0 unspecified atom stereocenters. The largest absolute Gasteiger partial charge is 0.447 e. The van der Waals surface area contributed by atoms with E-state index in [0.29, 0.717) is 11.8 Å². The molecule has 2 N–H and O–H groups in total. The second-order valence-corrected chi connectivity index (χ2v) is 3.21. The van der Waals surface area contributed by atoms with Gasteiger partial charge in [-0.3, -0.25) is 15.0 Å².